The summed E-state index contributed by atoms with van der Waals surface area (Å²) < 4.78 is 18.5. The molecule has 27 heavy (non-hydrogen) atoms. The largest absolute Gasteiger partial charge is 0.360 e. The number of amides is 2. The summed E-state index contributed by atoms with van der Waals surface area (Å²) in [4.78, 5) is 28.6. The third-order valence-electron chi connectivity index (χ3n) is 4.18. The van der Waals surface area contributed by atoms with Crippen LogP contribution in [0.25, 0.3) is 0 Å². The van der Waals surface area contributed by atoms with E-state index in [1.165, 1.54) is 17.8 Å². The molecule has 0 radical (unpaired) electrons. The first-order valence-corrected chi connectivity index (χ1v) is 9.60. The maximum atomic E-state index is 13.6. The predicted molar refractivity (Wildman–Crippen MR) is 100 cm³/mol. The number of nitrogens with one attached hydrogen (secondary N) is 1. The number of benzene rings is 1. The minimum Gasteiger partial charge on any atom is -0.360 e. The van der Waals surface area contributed by atoms with Gasteiger partial charge in [0.05, 0.1) is 12.3 Å². The number of thioether (sulfide) groups is 1. The molecule has 2 aromatic rings. The second-order valence-corrected chi connectivity index (χ2v) is 7.26. The van der Waals surface area contributed by atoms with Crippen LogP contribution >= 0.6 is 11.8 Å². The van der Waals surface area contributed by atoms with Crippen LogP contribution in [0.15, 0.2) is 39.8 Å². The predicted octanol–water partition coefficient (Wildman–Crippen LogP) is 2.00. The summed E-state index contributed by atoms with van der Waals surface area (Å²) >= 11 is 1.20. The van der Waals surface area contributed by atoms with E-state index in [4.69, 9.17) is 4.52 Å². The van der Waals surface area contributed by atoms with Crippen molar-refractivity contribution in [2.75, 3.05) is 43.8 Å². The van der Waals surface area contributed by atoms with E-state index >= 15 is 0 Å². The molecule has 0 aliphatic carbocycles. The summed E-state index contributed by atoms with van der Waals surface area (Å²) in [5.74, 6) is 0.728. The average Bonchev–Trinajstić information content (AvgIpc) is 3.06. The van der Waals surface area contributed by atoms with Crippen molar-refractivity contribution >= 4 is 29.4 Å². The zero-order chi connectivity index (χ0) is 19.2. The highest BCUT2D eigenvalue weighted by atomic mass is 32.2. The van der Waals surface area contributed by atoms with Crippen LogP contribution in [0.4, 0.5) is 10.2 Å². The smallest absolute Gasteiger partial charge is 0.239 e. The van der Waals surface area contributed by atoms with Crippen molar-refractivity contribution in [1.29, 1.82) is 0 Å². The molecule has 1 fully saturated rings. The summed E-state index contributed by atoms with van der Waals surface area (Å²) in [6.45, 7) is 4.31. The van der Waals surface area contributed by atoms with E-state index < -0.39 is 0 Å². The second-order valence-electron chi connectivity index (χ2n) is 6.25. The lowest BCUT2D eigenvalue weighted by Gasteiger charge is -2.34. The van der Waals surface area contributed by atoms with Crippen LogP contribution in [-0.2, 0) is 9.59 Å². The number of anilines is 1. The SMILES string of the molecule is Cc1cc(NC(=O)CN2CCN(C(=O)CSc3ccccc3F)CC2)no1. The number of rotatable bonds is 6. The summed E-state index contributed by atoms with van der Waals surface area (Å²) in [7, 11) is 0. The standard InChI is InChI=1S/C18H21FN4O3S/c1-13-10-16(21-26-13)20-17(24)11-22-6-8-23(9-7-22)18(25)12-27-15-5-3-2-4-14(15)19/h2-5,10H,6-9,11-12H2,1H3,(H,20,21,24). The molecule has 1 aromatic heterocycles. The third-order valence-corrected chi connectivity index (χ3v) is 5.21. The van der Waals surface area contributed by atoms with Crippen LogP contribution in [-0.4, -0.2) is 65.2 Å². The van der Waals surface area contributed by atoms with Gasteiger partial charge in [-0.05, 0) is 19.1 Å². The van der Waals surface area contributed by atoms with Crippen LogP contribution in [0.1, 0.15) is 5.76 Å². The molecule has 1 aromatic carbocycles. The van der Waals surface area contributed by atoms with Crippen LogP contribution in [0, 0.1) is 12.7 Å². The number of halogens is 1. The van der Waals surface area contributed by atoms with E-state index in [-0.39, 0.29) is 29.9 Å². The third kappa shape index (κ3) is 5.54. The summed E-state index contributed by atoms with van der Waals surface area (Å²) in [5, 5.41) is 6.41. The van der Waals surface area contributed by atoms with Crippen LogP contribution in [0.5, 0.6) is 0 Å². The van der Waals surface area contributed by atoms with E-state index in [2.05, 4.69) is 10.5 Å². The second kappa shape index (κ2) is 9.01. The lowest BCUT2D eigenvalue weighted by Crippen LogP contribution is -2.50. The summed E-state index contributed by atoms with van der Waals surface area (Å²) in [5.41, 5.74) is 0. The Bertz CT molecular complexity index is 805. The number of nitrogens with zero attached hydrogens (tertiary/aromatic N) is 3. The average molecular weight is 392 g/mol. The fourth-order valence-corrected chi connectivity index (χ4v) is 3.60. The number of carbonyl (C=O) groups is 2. The van der Waals surface area contributed by atoms with Gasteiger partial charge in [-0.3, -0.25) is 14.5 Å². The molecule has 0 atom stereocenters. The van der Waals surface area contributed by atoms with Crippen molar-refractivity contribution in [3.63, 3.8) is 0 Å². The Kier molecular flexibility index (Phi) is 6.46. The molecule has 144 valence electrons. The molecule has 1 aliphatic rings. The van der Waals surface area contributed by atoms with Gasteiger partial charge in [-0.25, -0.2) is 4.39 Å². The topological polar surface area (TPSA) is 78.7 Å². The Labute approximate surface area is 160 Å². The molecular formula is C18H21FN4O3S. The Balaban J connectivity index is 1.39. The quantitative estimate of drug-likeness (QED) is 0.758. The molecule has 0 bridgehead atoms. The molecule has 7 nitrogen and oxygen atoms in total. The number of piperazine rings is 1. The highest BCUT2D eigenvalue weighted by Crippen LogP contribution is 2.21. The number of hydrogen-bond acceptors (Lipinski definition) is 6. The molecule has 1 aliphatic heterocycles. The van der Waals surface area contributed by atoms with Crippen LogP contribution < -0.4 is 5.32 Å². The van der Waals surface area contributed by atoms with Gasteiger partial charge in [0.2, 0.25) is 11.8 Å². The summed E-state index contributed by atoms with van der Waals surface area (Å²) in [6, 6.07) is 8.08. The fraction of sp³-hybridized carbons (Fsp3) is 0.389. The first-order chi connectivity index (χ1) is 13.0. The molecule has 1 N–H and O–H groups in total. The fourth-order valence-electron chi connectivity index (χ4n) is 2.76. The highest BCUT2D eigenvalue weighted by Gasteiger charge is 2.23. The highest BCUT2D eigenvalue weighted by molar-refractivity contribution is 8.00. The van der Waals surface area contributed by atoms with E-state index in [0.29, 0.717) is 42.7 Å². The molecule has 0 saturated carbocycles. The lowest BCUT2D eigenvalue weighted by atomic mass is 10.3. The van der Waals surface area contributed by atoms with Crippen molar-refractivity contribution in [2.24, 2.45) is 0 Å². The van der Waals surface area contributed by atoms with Gasteiger partial charge in [0, 0.05) is 37.1 Å². The minimum absolute atomic E-state index is 0.0228. The number of aromatic nitrogens is 1. The maximum absolute atomic E-state index is 13.6. The molecule has 9 heteroatoms. The molecule has 0 spiro atoms. The molecule has 2 heterocycles. The number of aryl methyl sites for hydroxylation is 1. The maximum Gasteiger partial charge on any atom is 0.239 e. The monoisotopic (exact) mass is 392 g/mol. The Hall–Kier alpha value is -2.39. The van der Waals surface area contributed by atoms with Crippen LogP contribution in [0.2, 0.25) is 0 Å². The van der Waals surface area contributed by atoms with Gasteiger partial charge < -0.3 is 14.7 Å². The van der Waals surface area contributed by atoms with Gasteiger partial charge in [0.15, 0.2) is 5.82 Å². The Morgan fingerprint density at radius 2 is 2.00 bits per heavy atom. The zero-order valence-corrected chi connectivity index (χ0v) is 15.8. The molecule has 1 saturated heterocycles. The zero-order valence-electron chi connectivity index (χ0n) is 15.0. The molecule has 0 unspecified atom stereocenters. The number of hydrogen-bond donors (Lipinski definition) is 1. The van der Waals surface area contributed by atoms with Crippen molar-refractivity contribution < 1.29 is 18.5 Å². The number of carbonyl (C=O) groups excluding carboxylic acids is 2. The van der Waals surface area contributed by atoms with E-state index in [1.54, 1.807) is 36.1 Å². The van der Waals surface area contributed by atoms with Crippen molar-refractivity contribution in [1.82, 2.24) is 15.0 Å². The van der Waals surface area contributed by atoms with Gasteiger partial charge in [0.1, 0.15) is 11.6 Å². The van der Waals surface area contributed by atoms with Crippen molar-refractivity contribution in [2.45, 2.75) is 11.8 Å². The van der Waals surface area contributed by atoms with E-state index in [9.17, 15) is 14.0 Å². The normalized spacial score (nSPS) is 15.0. The molecular weight excluding hydrogens is 371 g/mol. The van der Waals surface area contributed by atoms with Crippen molar-refractivity contribution in [3.8, 4) is 0 Å². The van der Waals surface area contributed by atoms with Gasteiger partial charge in [-0.2, -0.15) is 0 Å². The van der Waals surface area contributed by atoms with E-state index in [0.717, 1.165) is 0 Å². The lowest BCUT2D eigenvalue weighted by molar-refractivity contribution is -0.130. The molecule has 2 amide bonds. The Morgan fingerprint density at radius 3 is 2.67 bits per heavy atom. The summed E-state index contributed by atoms with van der Waals surface area (Å²) in [6.07, 6.45) is 0. The van der Waals surface area contributed by atoms with Gasteiger partial charge >= 0.3 is 0 Å². The minimum atomic E-state index is -0.312. The first kappa shape index (κ1) is 19.4. The van der Waals surface area contributed by atoms with Gasteiger partial charge in [0.25, 0.3) is 0 Å². The van der Waals surface area contributed by atoms with Gasteiger partial charge in [-0.15, -0.1) is 11.8 Å². The first-order valence-electron chi connectivity index (χ1n) is 8.62. The molecule has 3 rings (SSSR count). The van der Waals surface area contributed by atoms with Crippen LogP contribution in [0.3, 0.4) is 0 Å². The van der Waals surface area contributed by atoms with Gasteiger partial charge in [-0.1, -0.05) is 17.3 Å². The van der Waals surface area contributed by atoms with E-state index in [1.807, 2.05) is 4.90 Å². The van der Waals surface area contributed by atoms with Crippen molar-refractivity contribution in [3.05, 3.63) is 41.9 Å². The Morgan fingerprint density at radius 1 is 1.26 bits per heavy atom.